The number of ether oxygens (including phenoxy) is 2. The van der Waals surface area contributed by atoms with Gasteiger partial charge in [-0.1, -0.05) is 30.3 Å². The molecule has 0 aliphatic carbocycles. The van der Waals surface area contributed by atoms with Crippen LogP contribution in [0.15, 0.2) is 85.2 Å². The summed E-state index contributed by atoms with van der Waals surface area (Å²) in [4.78, 5) is 25.9. The molecular weight excluding hydrogens is 418 g/mol. The highest BCUT2D eigenvalue weighted by atomic mass is 16.5. The molecule has 168 valence electrons. The molecule has 0 aliphatic heterocycles. The number of hydrogen-bond donors (Lipinski definition) is 2. The SMILES string of the molecule is CNc1ccccc1Oc1cccc(OC)c1.O=CCNC(=O)c1cccc2ccncc12. The standard InChI is InChI=1S/C14H15NO2.C12H10N2O2/c1-15-13-8-3-4-9-14(13)17-12-7-5-6-11(10-12)16-2;15-7-6-14-12(16)10-3-1-2-9-4-5-13-8-11(9)10/h3-10,15H,1-2H3;1-5,7-8H,6H2,(H,14,16). The van der Waals surface area contributed by atoms with Gasteiger partial charge in [-0.15, -0.1) is 0 Å². The van der Waals surface area contributed by atoms with E-state index in [-0.39, 0.29) is 12.5 Å². The van der Waals surface area contributed by atoms with E-state index in [9.17, 15) is 9.59 Å². The first-order valence-electron chi connectivity index (χ1n) is 10.3. The predicted octanol–water partition coefficient (Wildman–Crippen LogP) is 4.69. The molecule has 33 heavy (non-hydrogen) atoms. The van der Waals surface area contributed by atoms with Crippen molar-refractivity contribution in [3.63, 3.8) is 0 Å². The Bertz CT molecular complexity index is 1220. The molecule has 0 atom stereocenters. The van der Waals surface area contributed by atoms with Crippen LogP contribution in [0.25, 0.3) is 10.8 Å². The second-order valence-corrected chi connectivity index (χ2v) is 6.81. The number of rotatable bonds is 7. The van der Waals surface area contributed by atoms with Gasteiger partial charge in [0.05, 0.1) is 19.3 Å². The number of aromatic nitrogens is 1. The second-order valence-electron chi connectivity index (χ2n) is 6.81. The fourth-order valence-electron chi connectivity index (χ4n) is 3.09. The summed E-state index contributed by atoms with van der Waals surface area (Å²) in [6, 6.07) is 22.6. The minimum absolute atomic E-state index is 0.0233. The maximum absolute atomic E-state index is 11.7. The van der Waals surface area contributed by atoms with Crippen LogP contribution in [0.2, 0.25) is 0 Å². The van der Waals surface area contributed by atoms with Crippen molar-refractivity contribution in [2.45, 2.75) is 0 Å². The molecule has 0 saturated heterocycles. The van der Waals surface area contributed by atoms with E-state index >= 15 is 0 Å². The lowest BCUT2D eigenvalue weighted by molar-refractivity contribution is -0.107. The van der Waals surface area contributed by atoms with Crippen molar-refractivity contribution in [1.82, 2.24) is 10.3 Å². The summed E-state index contributed by atoms with van der Waals surface area (Å²) in [6.07, 6.45) is 3.97. The number of amides is 1. The van der Waals surface area contributed by atoms with E-state index in [0.29, 0.717) is 11.8 Å². The Balaban J connectivity index is 0.000000186. The number of aldehydes is 1. The van der Waals surface area contributed by atoms with Gasteiger partial charge in [0.2, 0.25) is 0 Å². The molecule has 1 amide bonds. The molecule has 2 N–H and O–H groups in total. The van der Waals surface area contributed by atoms with Crippen LogP contribution < -0.4 is 20.1 Å². The van der Waals surface area contributed by atoms with E-state index in [1.54, 1.807) is 31.6 Å². The predicted molar refractivity (Wildman–Crippen MR) is 129 cm³/mol. The first-order chi connectivity index (χ1) is 16.2. The van der Waals surface area contributed by atoms with E-state index in [4.69, 9.17) is 9.47 Å². The maximum Gasteiger partial charge on any atom is 0.252 e. The number of methoxy groups -OCH3 is 1. The molecule has 0 fully saturated rings. The largest absolute Gasteiger partial charge is 0.497 e. The van der Waals surface area contributed by atoms with Crippen LogP contribution in [0.1, 0.15) is 10.4 Å². The molecule has 3 aromatic carbocycles. The number of carbonyl (C=O) groups is 2. The molecule has 0 aliphatic rings. The van der Waals surface area contributed by atoms with Crippen molar-refractivity contribution in [3.8, 4) is 17.2 Å². The van der Waals surface area contributed by atoms with Crippen LogP contribution in [0, 0.1) is 0 Å². The summed E-state index contributed by atoms with van der Waals surface area (Å²) in [5, 5.41) is 7.33. The van der Waals surface area contributed by atoms with E-state index < -0.39 is 0 Å². The van der Waals surface area contributed by atoms with Crippen LogP contribution in [0.4, 0.5) is 5.69 Å². The van der Waals surface area contributed by atoms with Gasteiger partial charge in [-0.25, -0.2) is 0 Å². The molecule has 0 radical (unpaired) electrons. The number of carbonyl (C=O) groups excluding carboxylic acids is 2. The third-order valence-electron chi connectivity index (χ3n) is 4.70. The molecule has 0 unspecified atom stereocenters. The first kappa shape index (κ1) is 23.3. The molecule has 0 spiro atoms. The second kappa shape index (κ2) is 11.9. The quantitative estimate of drug-likeness (QED) is 0.403. The van der Waals surface area contributed by atoms with Gasteiger partial charge < -0.3 is 24.9 Å². The number of benzene rings is 3. The summed E-state index contributed by atoms with van der Waals surface area (Å²) in [6.45, 7) is 0.0233. The third kappa shape index (κ3) is 6.30. The van der Waals surface area contributed by atoms with Gasteiger partial charge in [0, 0.05) is 36.5 Å². The molecule has 4 aromatic rings. The van der Waals surface area contributed by atoms with Gasteiger partial charge >= 0.3 is 0 Å². The number of hydrogen-bond acceptors (Lipinski definition) is 6. The molecule has 7 nitrogen and oxygen atoms in total. The van der Waals surface area contributed by atoms with Crippen LogP contribution in [0.5, 0.6) is 17.2 Å². The zero-order chi connectivity index (χ0) is 23.5. The first-order valence-corrected chi connectivity index (χ1v) is 10.3. The summed E-state index contributed by atoms with van der Waals surface area (Å²) in [7, 11) is 3.51. The Kier molecular flexibility index (Phi) is 8.36. The third-order valence-corrected chi connectivity index (χ3v) is 4.70. The summed E-state index contributed by atoms with van der Waals surface area (Å²) >= 11 is 0. The van der Waals surface area contributed by atoms with Crippen molar-refractivity contribution in [2.24, 2.45) is 0 Å². The van der Waals surface area contributed by atoms with Crippen molar-refractivity contribution < 1.29 is 19.1 Å². The van der Waals surface area contributed by atoms with Crippen LogP contribution >= 0.6 is 0 Å². The van der Waals surface area contributed by atoms with E-state index in [1.807, 2.05) is 67.7 Å². The molecule has 0 bridgehead atoms. The Morgan fingerprint density at radius 1 is 1.00 bits per heavy atom. The van der Waals surface area contributed by atoms with Crippen molar-refractivity contribution in [3.05, 3.63) is 90.8 Å². The lowest BCUT2D eigenvalue weighted by atomic mass is 10.1. The molecule has 7 heteroatoms. The number of nitrogens with one attached hydrogen (secondary N) is 2. The fourth-order valence-corrected chi connectivity index (χ4v) is 3.09. The normalized spacial score (nSPS) is 9.88. The fraction of sp³-hybridized carbons (Fsp3) is 0.115. The van der Waals surface area contributed by atoms with Crippen LogP contribution in [0.3, 0.4) is 0 Å². The van der Waals surface area contributed by atoms with E-state index in [1.165, 1.54) is 0 Å². The average Bonchev–Trinajstić information content (AvgIpc) is 2.87. The average molecular weight is 444 g/mol. The summed E-state index contributed by atoms with van der Waals surface area (Å²) in [5.74, 6) is 2.07. The van der Waals surface area contributed by atoms with Gasteiger partial charge in [-0.3, -0.25) is 9.78 Å². The summed E-state index contributed by atoms with van der Waals surface area (Å²) in [5.41, 5.74) is 1.49. The highest BCUT2D eigenvalue weighted by molar-refractivity contribution is 6.07. The smallest absolute Gasteiger partial charge is 0.252 e. The lowest BCUT2D eigenvalue weighted by Gasteiger charge is -2.11. The Morgan fingerprint density at radius 3 is 2.58 bits per heavy atom. The zero-order valence-corrected chi connectivity index (χ0v) is 18.4. The number of anilines is 1. The van der Waals surface area contributed by atoms with E-state index in [2.05, 4.69) is 15.6 Å². The zero-order valence-electron chi connectivity index (χ0n) is 18.4. The van der Waals surface area contributed by atoms with Gasteiger partial charge in [-0.05, 0) is 41.8 Å². The maximum atomic E-state index is 11.7. The minimum atomic E-state index is -0.259. The Labute approximate surface area is 192 Å². The number of para-hydroxylation sites is 2. The van der Waals surface area contributed by atoms with Crippen molar-refractivity contribution in [2.75, 3.05) is 26.0 Å². The van der Waals surface area contributed by atoms with Crippen molar-refractivity contribution >= 4 is 28.7 Å². The van der Waals surface area contributed by atoms with E-state index in [0.717, 1.165) is 33.7 Å². The van der Waals surface area contributed by atoms with Gasteiger partial charge in [0.15, 0.2) is 0 Å². The molecule has 1 aromatic heterocycles. The van der Waals surface area contributed by atoms with Gasteiger partial charge in [0.1, 0.15) is 23.5 Å². The molecule has 4 rings (SSSR count). The topological polar surface area (TPSA) is 89.5 Å². The molecule has 0 saturated carbocycles. The monoisotopic (exact) mass is 443 g/mol. The Hall–Kier alpha value is -4.39. The summed E-state index contributed by atoms with van der Waals surface area (Å²) < 4.78 is 11.0. The van der Waals surface area contributed by atoms with Crippen LogP contribution in [-0.2, 0) is 4.79 Å². The highest BCUT2D eigenvalue weighted by Gasteiger charge is 2.08. The van der Waals surface area contributed by atoms with Crippen LogP contribution in [-0.4, -0.2) is 37.9 Å². The Morgan fingerprint density at radius 2 is 1.79 bits per heavy atom. The van der Waals surface area contributed by atoms with Gasteiger partial charge in [-0.2, -0.15) is 0 Å². The van der Waals surface area contributed by atoms with Crippen molar-refractivity contribution in [1.29, 1.82) is 0 Å². The number of fused-ring (bicyclic) bond motifs is 1. The van der Waals surface area contributed by atoms with Gasteiger partial charge in [0.25, 0.3) is 5.91 Å². The molecular formula is C26H25N3O4. The number of nitrogens with zero attached hydrogens (tertiary/aromatic N) is 1. The minimum Gasteiger partial charge on any atom is -0.497 e. The molecule has 1 heterocycles. The lowest BCUT2D eigenvalue weighted by Crippen LogP contribution is -2.25. The number of pyridine rings is 1. The highest BCUT2D eigenvalue weighted by Crippen LogP contribution is 2.30.